The molecule has 0 aliphatic carbocycles. The van der Waals surface area contributed by atoms with Gasteiger partial charge in [0.2, 0.25) is 11.8 Å². The third-order valence-electron chi connectivity index (χ3n) is 3.60. The first-order valence-corrected chi connectivity index (χ1v) is 7.98. The highest BCUT2D eigenvalue weighted by Crippen LogP contribution is 2.08. The van der Waals surface area contributed by atoms with E-state index in [1.807, 2.05) is 0 Å². The molecule has 1 saturated heterocycles. The fraction of sp³-hybridized carbons (Fsp3) is 0.714. The molecule has 6 N–H and O–H groups in total. The van der Waals surface area contributed by atoms with E-state index in [1.54, 1.807) is 11.8 Å². The van der Waals surface area contributed by atoms with Crippen molar-refractivity contribution in [1.29, 1.82) is 0 Å². The Balaban J connectivity index is 2.35. The van der Waals surface area contributed by atoms with Crippen LogP contribution in [0.5, 0.6) is 0 Å². The quantitative estimate of drug-likeness (QED) is 0.346. The molecule has 5 amide bonds. The van der Waals surface area contributed by atoms with Gasteiger partial charge in [0.1, 0.15) is 12.1 Å². The van der Waals surface area contributed by atoms with Gasteiger partial charge >= 0.3 is 6.03 Å². The van der Waals surface area contributed by atoms with E-state index < -0.39 is 29.8 Å². The highest BCUT2D eigenvalue weighted by molar-refractivity contribution is 5.91. The van der Waals surface area contributed by atoms with E-state index >= 15 is 0 Å². The summed E-state index contributed by atoms with van der Waals surface area (Å²) in [6.45, 7) is 4.19. The molecule has 1 fully saturated rings. The number of carbonyl (C=O) groups excluding carboxylic acids is 4. The van der Waals surface area contributed by atoms with Crippen LogP contribution in [-0.2, 0) is 14.4 Å². The minimum absolute atomic E-state index is 0.214. The first kappa shape index (κ1) is 19.7. The van der Waals surface area contributed by atoms with E-state index in [0.29, 0.717) is 13.1 Å². The van der Waals surface area contributed by atoms with Crippen molar-refractivity contribution in [2.45, 2.75) is 45.2 Å². The number of primary amides is 1. The predicted molar refractivity (Wildman–Crippen MR) is 86.4 cm³/mol. The molecule has 24 heavy (non-hydrogen) atoms. The summed E-state index contributed by atoms with van der Waals surface area (Å²) in [5, 5.41) is 5.10. The fourth-order valence-corrected chi connectivity index (χ4v) is 2.17. The second kappa shape index (κ2) is 9.71. The summed E-state index contributed by atoms with van der Waals surface area (Å²) in [5.74, 6) is -1.63. The molecule has 0 bridgehead atoms. The number of hydrazine groups is 1. The molecule has 0 radical (unpaired) electrons. The van der Waals surface area contributed by atoms with Crippen LogP contribution in [-0.4, -0.2) is 60.4 Å². The molecule has 0 spiro atoms. The summed E-state index contributed by atoms with van der Waals surface area (Å²) in [5.41, 5.74) is 9.51. The number of amides is 5. The lowest BCUT2D eigenvalue weighted by Gasteiger charge is -2.28. The molecule has 0 aromatic rings. The molecule has 1 aliphatic rings. The van der Waals surface area contributed by atoms with Crippen LogP contribution >= 0.6 is 0 Å². The maximum absolute atomic E-state index is 12.0. The summed E-state index contributed by atoms with van der Waals surface area (Å²) >= 11 is 0. The first-order chi connectivity index (χ1) is 11.3. The smallest absolute Gasteiger partial charge is 0.318 e. The summed E-state index contributed by atoms with van der Waals surface area (Å²) in [6, 6.07) is -1.89. The van der Waals surface area contributed by atoms with Crippen molar-refractivity contribution in [2.24, 2.45) is 5.73 Å². The topological polar surface area (TPSA) is 146 Å². The molecule has 0 saturated carbocycles. The highest BCUT2D eigenvalue weighted by Gasteiger charge is 2.23. The molecule has 1 rings (SSSR count). The van der Waals surface area contributed by atoms with Gasteiger partial charge in [-0.2, -0.15) is 0 Å². The summed E-state index contributed by atoms with van der Waals surface area (Å²) in [7, 11) is 0. The second-order valence-electron chi connectivity index (χ2n) is 5.76. The van der Waals surface area contributed by atoms with Crippen LogP contribution in [0.15, 0.2) is 0 Å². The predicted octanol–water partition coefficient (Wildman–Crippen LogP) is -1.82. The molecule has 10 nitrogen and oxygen atoms in total. The van der Waals surface area contributed by atoms with Crippen LogP contribution in [0.1, 0.15) is 33.1 Å². The van der Waals surface area contributed by atoms with Gasteiger partial charge in [0, 0.05) is 13.1 Å². The zero-order valence-corrected chi connectivity index (χ0v) is 14.1. The van der Waals surface area contributed by atoms with E-state index in [1.165, 1.54) is 6.92 Å². The van der Waals surface area contributed by atoms with Crippen molar-refractivity contribution < 1.29 is 19.2 Å². The lowest BCUT2D eigenvalue weighted by Crippen LogP contribution is -2.55. The third-order valence-corrected chi connectivity index (χ3v) is 3.60. The Hall–Kier alpha value is -2.36. The maximum Gasteiger partial charge on any atom is 0.318 e. The molecule has 10 heteroatoms. The normalized spacial score (nSPS) is 16.7. The standard InChI is InChI=1S/C14H26N6O4/c1-9(18-14(24)20-6-4-3-5-7-20)12(22)17-10(2)13(23)19-16-8-11(15)21/h9-10,16H,3-8H2,1-2H3,(H2,15,21)(H,17,22)(H,18,24)(H,19,23)/t9-,10-/m0/s1. The Labute approximate surface area is 140 Å². The number of likely N-dealkylation sites (tertiary alicyclic amines) is 1. The number of nitrogens with two attached hydrogens (primary N) is 1. The van der Waals surface area contributed by atoms with Crippen LogP contribution in [0.4, 0.5) is 4.79 Å². The summed E-state index contributed by atoms with van der Waals surface area (Å²) in [6.07, 6.45) is 3.03. The van der Waals surface area contributed by atoms with Gasteiger partial charge in [-0.25, -0.2) is 10.2 Å². The zero-order valence-electron chi connectivity index (χ0n) is 14.1. The van der Waals surface area contributed by atoms with Crippen LogP contribution < -0.4 is 27.2 Å². The molecule has 0 aromatic carbocycles. The van der Waals surface area contributed by atoms with Crippen molar-refractivity contribution in [3.05, 3.63) is 0 Å². The molecular formula is C14H26N6O4. The Morgan fingerprint density at radius 1 is 0.958 bits per heavy atom. The number of urea groups is 1. The molecule has 1 heterocycles. The van der Waals surface area contributed by atoms with Gasteiger partial charge in [-0.15, -0.1) is 0 Å². The minimum Gasteiger partial charge on any atom is -0.369 e. The van der Waals surface area contributed by atoms with Crippen molar-refractivity contribution >= 4 is 23.8 Å². The van der Waals surface area contributed by atoms with E-state index in [0.717, 1.165) is 19.3 Å². The van der Waals surface area contributed by atoms with Crippen LogP contribution in [0.2, 0.25) is 0 Å². The molecule has 2 atom stereocenters. The number of hydrogen-bond donors (Lipinski definition) is 5. The van der Waals surface area contributed by atoms with E-state index in [2.05, 4.69) is 21.5 Å². The number of hydrogen-bond acceptors (Lipinski definition) is 5. The van der Waals surface area contributed by atoms with Crippen LogP contribution in [0.3, 0.4) is 0 Å². The first-order valence-electron chi connectivity index (χ1n) is 7.98. The average Bonchev–Trinajstić information content (AvgIpc) is 2.54. The Morgan fingerprint density at radius 3 is 2.12 bits per heavy atom. The molecular weight excluding hydrogens is 316 g/mol. The average molecular weight is 342 g/mol. The molecule has 136 valence electrons. The molecule has 1 aliphatic heterocycles. The van der Waals surface area contributed by atoms with Crippen LogP contribution in [0.25, 0.3) is 0 Å². The van der Waals surface area contributed by atoms with Crippen molar-refractivity contribution in [2.75, 3.05) is 19.6 Å². The highest BCUT2D eigenvalue weighted by atomic mass is 16.2. The number of nitrogens with one attached hydrogen (secondary N) is 4. The lowest BCUT2D eigenvalue weighted by atomic mass is 10.1. The fourth-order valence-electron chi connectivity index (χ4n) is 2.17. The Morgan fingerprint density at radius 2 is 1.54 bits per heavy atom. The number of carbonyl (C=O) groups is 4. The zero-order chi connectivity index (χ0) is 18.1. The van der Waals surface area contributed by atoms with E-state index in [4.69, 9.17) is 5.73 Å². The third kappa shape index (κ3) is 6.82. The maximum atomic E-state index is 12.0. The van der Waals surface area contributed by atoms with Gasteiger partial charge < -0.3 is 21.3 Å². The Bertz CT molecular complexity index is 478. The van der Waals surface area contributed by atoms with Gasteiger partial charge in [0.25, 0.3) is 5.91 Å². The number of piperidine rings is 1. The van der Waals surface area contributed by atoms with Gasteiger partial charge in [-0.3, -0.25) is 19.8 Å². The monoisotopic (exact) mass is 342 g/mol. The van der Waals surface area contributed by atoms with Crippen molar-refractivity contribution in [1.82, 2.24) is 26.4 Å². The minimum atomic E-state index is -0.841. The van der Waals surface area contributed by atoms with E-state index in [9.17, 15) is 19.2 Å². The van der Waals surface area contributed by atoms with E-state index in [-0.39, 0.29) is 12.6 Å². The summed E-state index contributed by atoms with van der Waals surface area (Å²) < 4.78 is 0. The number of nitrogens with zero attached hydrogens (tertiary/aromatic N) is 1. The van der Waals surface area contributed by atoms with Gasteiger partial charge in [0.15, 0.2) is 0 Å². The van der Waals surface area contributed by atoms with Crippen molar-refractivity contribution in [3.63, 3.8) is 0 Å². The SMILES string of the molecule is C[C@H](NC(=O)[C@H](C)NC(=O)N1CCCCC1)C(=O)NNCC(N)=O. The molecule has 0 unspecified atom stereocenters. The van der Waals surface area contributed by atoms with Gasteiger partial charge in [0.05, 0.1) is 6.54 Å². The lowest BCUT2D eigenvalue weighted by molar-refractivity contribution is -0.130. The Kier molecular flexibility index (Phi) is 7.96. The molecule has 0 aromatic heterocycles. The number of rotatable bonds is 7. The summed E-state index contributed by atoms with van der Waals surface area (Å²) in [4.78, 5) is 48.0. The van der Waals surface area contributed by atoms with Gasteiger partial charge in [-0.05, 0) is 33.1 Å². The van der Waals surface area contributed by atoms with Crippen LogP contribution in [0, 0.1) is 0 Å². The van der Waals surface area contributed by atoms with Crippen molar-refractivity contribution in [3.8, 4) is 0 Å². The van der Waals surface area contributed by atoms with Gasteiger partial charge in [-0.1, -0.05) is 0 Å². The largest absolute Gasteiger partial charge is 0.369 e. The second-order valence-corrected chi connectivity index (χ2v) is 5.76.